The normalized spacial score (nSPS) is 13.5. The van der Waals surface area contributed by atoms with Crippen LogP contribution in [0.15, 0.2) is 21.4 Å². The zero-order valence-electron chi connectivity index (χ0n) is 15.2. The summed E-state index contributed by atoms with van der Waals surface area (Å²) >= 11 is 0. The van der Waals surface area contributed by atoms with Gasteiger partial charge in [0.1, 0.15) is 16.2 Å². The first-order valence-corrected chi connectivity index (χ1v) is 9.44. The van der Waals surface area contributed by atoms with Gasteiger partial charge in [-0.25, -0.2) is 8.89 Å². The van der Waals surface area contributed by atoms with Crippen LogP contribution in [0.1, 0.15) is 27.2 Å². The Kier molecular flexibility index (Phi) is 5.43. The number of methoxy groups -OCH3 is 1. The maximum atomic E-state index is 13.5. The summed E-state index contributed by atoms with van der Waals surface area (Å²) in [6.07, 6.45) is -2.88. The first-order chi connectivity index (χ1) is 12.9. The molecule has 150 valence electrons. The number of benzene rings is 1. The molecule has 28 heavy (non-hydrogen) atoms. The summed E-state index contributed by atoms with van der Waals surface area (Å²) in [4.78, 5) is 12.0. The number of carbonyl (C=O) groups excluding carboxylic acids is 1. The van der Waals surface area contributed by atoms with Crippen molar-refractivity contribution in [3.8, 4) is 17.8 Å². The molecule has 1 aromatic carbocycles. The molecule has 1 aromatic heterocycles. The summed E-state index contributed by atoms with van der Waals surface area (Å²) in [5.41, 5.74) is -1.85. The predicted molar refractivity (Wildman–Crippen MR) is 91.4 cm³/mol. The van der Waals surface area contributed by atoms with E-state index in [4.69, 9.17) is 10.00 Å². The van der Waals surface area contributed by atoms with Crippen molar-refractivity contribution in [3.05, 3.63) is 34.5 Å². The molecule has 1 heterocycles. The Labute approximate surface area is 158 Å². The van der Waals surface area contributed by atoms with Crippen LogP contribution in [-0.4, -0.2) is 38.2 Å². The third-order valence-electron chi connectivity index (χ3n) is 3.88. The number of aromatic nitrogens is 2. The number of rotatable bonds is 4. The minimum atomic E-state index is -4.94. The number of nitrogens with zero attached hydrogens (tertiary/aromatic N) is 4. The third-order valence-corrected chi connectivity index (χ3v) is 5.47. The molecule has 0 saturated heterocycles. The van der Waals surface area contributed by atoms with Crippen LogP contribution < -0.4 is 4.74 Å². The summed E-state index contributed by atoms with van der Waals surface area (Å²) in [6.45, 7) is 1.43. The minimum absolute atomic E-state index is 0.132. The molecular weight excluding hydrogens is 401 g/mol. The molecule has 0 bridgehead atoms. The molecule has 2 rings (SSSR count). The van der Waals surface area contributed by atoms with Crippen molar-refractivity contribution in [1.82, 2.24) is 9.78 Å². The van der Waals surface area contributed by atoms with E-state index in [1.54, 1.807) is 0 Å². The molecule has 2 aromatic rings. The molecule has 0 aliphatic rings. The highest BCUT2D eigenvalue weighted by atomic mass is 32.2. The SMILES string of the molecule is COc1c(C(=O)c2c(C)nn(C)c2O)ccc(C(F)(F)F)c1S(C)(=O)=NC#N. The topological polar surface area (TPSA) is 118 Å². The largest absolute Gasteiger partial charge is 0.495 e. The second-order valence-electron chi connectivity index (χ2n) is 5.75. The lowest BCUT2D eigenvalue weighted by molar-refractivity contribution is -0.140. The summed E-state index contributed by atoms with van der Waals surface area (Å²) in [5.74, 6) is -2.03. The number of carbonyl (C=O) groups is 1. The highest BCUT2D eigenvalue weighted by Crippen LogP contribution is 2.42. The first-order valence-electron chi connectivity index (χ1n) is 7.52. The number of hydrogen-bond acceptors (Lipinski definition) is 7. The smallest absolute Gasteiger partial charge is 0.417 e. The molecule has 0 aliphatic heterocycles. The van der Waals surface area contributed by atoms with Crippen molar-refractivity contribution in [3.63, 3.8) is 0 Å². The van der Waals surface area contributed by atoms with Crippen molar-refractivity contribution >= 4 is 15.5 Å². The van der Waals surface area contributed by atoms with E-state index in [0.29, 0.717) is 6.07 Å². The van der Waals surface area contributed by atoms with E-state index in [9.17, 15) is 27.3 Å². The lowest BCUT2D eigenvalue weighted by atomic mass is 10.0. The lowest BCUT2D eigenvalue weighted by Gasteiger charge is -2.19. The average molecular weight is 416 g/mol. The van der Waals surface area contributed by atoms with Crippen molar-refractivity contribution in [2.75, 3.05) is 13.4 Å². The highest BCUT2D eigenvalue weighted by molar-refractivity contribution is 7.93. The van der Waals surface area contributed by atoms with E-state index in [1.807, 2.05) is 0 Å². The number of aromatic hydroxyl groups is 1. The van der Waals surface area contributed by atoms with Crippen LogP contribution >= 0.6 is 0 Å². The first kappa shape index (κ1) is 21.2. The fourth-order valence-electron chi connectivity index (χ4n) is 2.71. The van der Waals surface area contributed by atoms with Crippen molar-refractivity contribution in [2.24, 2.45) is 11.4 Å². The number of aryl methyl sites for hydroxylation is 2. The molecule has 8 nitrogen and oxygen atoms in total. The van der Waals surface area contributed by atoms with Gasteiger partial charge in [0, 0.05) is 13.3 Å². The maximum Gasteiger partial charge on any atom is 0.417 e. The second-order valence-corrected chi connectivity index (χ2v) is 7.95. The van der Waals surface area contributed by atoms with Crippen LogP contribution in [0.25, 0.3) is 0 Å². The van der Waals surface area contributed by atoms with Crippen LogP contribution in [0.3, 0.4) is 0 Å². The van der Waals surface area contributed by atoms with Gasteiger partial charge >= 0.3 is 6.18 Å². The molecule has 1 atom stereocenters. The van der Waals surface area contributed by atoms with Gasteiger partial charge in [-0.1, -0.05) is 0 Å². The zero-order valence-corrected chi connectivity index (χ0v) is 16.0. The molecular formula is C16H15F3N4O4S. The van der Waals surface area contributed by atoms with Gasteiger partial charge in [-0.2, -0.15) is 23.5 Å². The van der Waals surface area contributed by atoms with Gasteiger partial charge in [-0.3, -0.25) is 4.79 Å². The minimum Gasteiger partial charge on any atom is -0.495 e. The van der Waals surface area contributed by atoms with E-state index in [2.05, 4.69) is 9.46 Å². The zero-order chi connectivity index (χ0) is 21.4. The molecule has 0 spiro atoms. The molecule has 0 radical (unpaired) electrons. The van der Waals surface area contributed by atoms with Crippen molar-refractivity contribution < 1.29 is 32.0 Å². The predicted octanol–water partition coefficient (Wildman–Crippen LogP) is 2.63. The van der Waals surface area contributed by atoms with E-state index in [1.165, 1.54) is 20.2 Å². The molecule has 1 N–H and O–H groups in total. The van der Waals surface area contributed by atoms with E-state index < -0.39 is 43.8 Å². The Morgan fingerprint density at radius 2 is 2.04 bits per heavy atom. The number of ether oxygens (including phenoxy) is 1. The van der Waals surface area contributed by atoms with Crippen molar-refractivity contribution in [1.29, 1.82) is 5.26 Å². The highest BCUT2D eigenvalue weighted by Gasteiger charge is 2.39. The Hall–Kier alpha value is -3.07. The van der Waals surface area contributed by atoms with Crippen molar-refractivity contribution in [2.45, 2.75) is 18.0 Å². The molecule has 0 aliphatic carbocycles. The summed E-state index contributed by atoms with van der Waals surface area (Å²) in [5, 5.41) is 22.7. The maximum absolute atomic E-state index is 13.5. The van der Waals surface area contributed by atoms with E-state index >= 15 is 0 Å². The number of hydrogen-bond donors (Lipinski definition) is 1. The van der Waals surface area contributed by atoms with Crippen LogP contribution in [0.2, 0.25) is 0 Å². The van der Waals surface area contributed by atoms with Gasteiger partial charge in [0.25, 0.3) is 0 Å². The lowest BCUT2D eigenvalue weighted by Crippen LogP contribution is -2.16. The monoisotopic (exact) mass is 416 g/mol. The van der Waals surface area contributed by atoms with Crippen LogP contribution in [0, 0.1) is 18.4 Å². The fraction of sp³-hybridized carbons (Fsp3) is 0.312. The Balaban J connectivity index is 2.93. The summed E-state index contributed by atoms with van der Waals surface area (Å²) in [7, 11) is -1.52. The van der Waals surface area contributed by atoms with Crippen LogP contribution in [-0.2, 0) is 23.0 Å². The van der Waals surface area contributed by atoms with Gasteiger partial charge < -0.3 is 9.84 Å². The van der Waals surface area contributed by atoms with Gasteiger partial charge in [-0.15, -0.1) is 4.36 Å². The standard InChI is InChI=1S/C16H15F3N4O4S/c1-8-11(15(25)23(2)22-8)12(24)9-5-6-10(16(17,18)19)14(13(9)27-3)28(4,26)21-7-20/h5-6,25H,1-4H3. The van der Waals surface area contributed by atoms with E-state index in [0.717, 1.165) is 24.1 Å². The molecule has 0 saturated carbocycles. The van der Waals surface area contributed by atoms with Crippen LogP contribution in [0.5, 0.6) is 11.6 Å². The van der Waals surface area contributed by atoms with E-state index in [-0.39, 0.29) is 16.8 Å². The van der Waals surface area contributed by atoms with Gasteiger partial charge in [-0.05, 0) is 19.1 Å². The number of alkyl halides is 3. The Morgan fingerprint density at radius 3 is 2.46 bits per heavy atom. The fourth-order valence-corrected chi connectivity index (χ4v) is 4.09. The number of nitriles is 1. The molecule has 1 unspecified atom stereocenters. The molecule has 0 amide bonds. The third kappa shape index (κ3) is 3.53. The summed E-state index contributed by atoms with van der Waals surface area (Å²) in [6, 6.07) is 1.41. The average Bonchev–Trinajstić information content (AvgIpc) is 2.84. The quantitative estimate of drug-likeness (QED) is 0.605. The van der Waals surface area contributed by atoms with Gasteiger partial charge in [0.15, 0.2) is 0 Å². The van der Waals surface area contributed by atoms with Gasteiger partial charge in [0.05, 0.1) is 33.7 Å². The van der Waals surface area contributed by atoms with Crippen LogP contribution in [0.4, 0.5) is 13.2 Å². The number of ketones is 1. The van der Waals surface area contributed by atoms with Gasteiger partial charge in [0.2, 0.25) is 17.9 Å². The summed E-state index contributed by atoms with van der Waals surface area (Å²) < 4.78 is 62.3. The number of halogens is 3. The molecule has 0 fully saturated rings. The second kappa shape index (κ2) is 7.16. The Morgan fingerprint density at radius 1 is 1.43 bits per heavy atom. The molecule has 12 heteroatoms. The Bertz CT molecular complexity index is 1120.